The summed E-state index contributed by atoms with van der Waals surface area (Å²) in [6, 6.07) is 14.4. The number of fused-ring (bicyclic) bond motifs is 1. The summed E-state index contributed by atoms with van der Waals surface area (Å²) >= 11 is 0. The van der Waals surface area contributed by atoms with Crippen LogP contribution in [-0.4, -0.2) is 41.7 Å². The summed E-state index contributed by atoms with van der Waals surface area (Å²) in [4.78, 5) is 6.71. The van der Waals surface area contributed by atoms with Gasteiger partial charge in [0.25, 0.3) is 5.89 Å². The Morgan fingerprint density at radius 2 is 2.12 bits per heavy atom. The van der Waals surface area contributed by atoms with Crippen molar-refractivity contribution in [3.8, 4) is 5.75 Å². The fraction of sp³-hybridized carbons (Fsp3) is 0.333. The Morgan fingerprint density at radius 3 is 3.00 bits per heavy atom. The highest BCUT2D eigenvalue weighted by Gasteiger charge is 2.25. The molecule has 0 amide bonds. The maximum absolute atomic E-state index is 5.80. The van der Waals surface area contributed by atoms with E-state index in [1.165, 1.54) is 5.39 Å². The maximum atomic E-state index is 5.80. The molecule has 24 heavy (non-hydrogen) atoms. The Labute approximate surface area is 140 Å². The first-order valence-corrected chi connectivity index (χ1v) is 8.14. The van der Waals surface area contributed by atoms with E-state index in [1.807, 2.05) is 30.3 Å². The lowest BCUT2D eigenvalue weighted by Gasteiger charge is -2.30. The lowest BCUT2D eigenvalue weighted by atomic mass is 10.1. The molecule has 6 heteroatoms. The van der Waals surface area contributed by atoms with Crippen LogP contribution in [0, 0.1) is 0 Å². The second-order valence-electron chi connectivity index (χ2n) is 6.04. The van der Waals surface area contributed by atoms with Crippen LogP contribution in [0.25, 0.3) is 10.8 Å². The zero-order valence-electron chi connectivity index (χ0n) is 13.6. The summed E-state index contributed by atoms with van der Waals surface area (Å²) in [7, 11) is 2.08. The van der Waals surface area contributed by atoms with Crippen molar-refractivity contribution in [2.45, 2.75) is 12.6 Å². The van der Waals surface area contributed by atoms with Crippen molar-refractivity contribution < 1.29 is 9.26 Å². The van der Waals surface area contributed by atoms with E-state index in [2.05, 4.69) is 39.5 Å². The summed E-state index contributed by atoms with van der Waals surface area (Å²) < 4.78 is 11.1. The Balaban J connectivity index is 1.43. The number of rotatable bonds is 4. The fourth-order valence-corrected chi connectivity index (χ4v) is 2.96. The number of piperazine rings is 1. The molecule has 0 aliphatic carbocycles. The van der Waals surface area contributed by atoms with Crippen molar-refractivity contribution in [3.05, 3.63) is 54.2 Å². The van der Waals surface area contributed by atoms with Crippen LogP contribution in [0.5, 0.6) is 5.75 Å². The van der Waals surface area contributed by atoms with Crippen LogP contribution in [0.3, 0.4) is 0 Å². The normalized spacial score (nSPS) is 18.8. The monoisotopic (exact) mass is 324 g/mol. The van der Waals surface area contributed by atoms with Crippen molar-refractivity contribution in [2.24, 2.45) is 0 Å². The Bertz CT molecular complexity index is 833. The first-order chi connectivity index (χ1) is 11.8. The molecule has 1 N–H and O–H groups in total. The van der Waals surface area contributed by atoms with E-state index in [0.717, 1.165) is 30.8 Å². The highest BCUT2D eigenvalue weighted by molar-refractivity contribution is 5.83. The van der Waals surface area contributed by atoms with Crippen LogP contribution in [0.4, 0.5) is 0 Å². The molecule has 124 valence electrons. The van der Waals surface area contributed by atoms with Crippen molar-refractivity contribution in [1.82, 2.24) is 20.4 Å². The number of ether oxygens (including phenoxy) is 1. The van der Waals surface area contributed by atoms with E-state index in [0.29, 0.717) is 11.7 Å². The summed E-state index contributed by atoms with van der Waals surface area (Å²) in [5.41, 5.74) is 0. The molecule has 0 bridgehead atoms. The zero-order valence-corrected chi connectivity index (χ0v) is 13.6. The highest BCUT2D eigenvalue weighted by atomic mass is 16.5. The van der Waals surface area contributed by atoms with Gasteiger partial charge in [-0.2, -0.15) is 4.98 Å². The van der Waals surface area contributed by atoms with Gasteiger partial charge in [0.15, 0.2) is 12.4 Å². The Hall–Kier alpha value is -2.44. The molecule has 6 nitrogen and oxygen atoms in total. The van der Waals surface area contributed by atoms with E-state index in [-0.39, 0.29) is 12.6 Å². The molecule has 0 radical (unpaired) electrons. The molecule has 1 aliphatic rings. The predicted molar refractivity (Wildman–Crippen MR) is 90.8 cm³/mol. The standard InChI is InChI=1S/C18H20N4O2/c1-22-9-8-19-11-16(22)18-20-17(24-21-18)12-23-15-7-6-13-4-2-3-5-14(13)10-15/h2-7,10,16,19H,8-9,11-12H2,1H3. The number of benzene rings is 2. The van der Waals surface area contributed by atoms with Gasteiger partial charge in [0.2, 0.25) is 0 Å². The third-order valence-electron chi connectivity index (χ3n) is 4.38. The Kier molecular flexibility index (Phi) is 4.15. The molecule has 4 rings (SSSR count). The molecule has 2 heterocycles. The molecule has 1 aliphatic heterocycles. The Morgan fingerprint density at radius 1 is 1.25 bits per heavy atom. The molecular weight excluding hydrogens is 304 g/mol. The molecule has 3 aromatic rings. The zero-order chi connectivity index (χ0) is 16.4. The molecule has 1 unspecified atom stereocenters. The van der Waals surface area contributed by atoms with Crippen LogP contribution in [0.1, 0.15) is 17.8 Å². The van der Waals surface area contributed by atoms with Gasteiger partial charge in [0, 0.05) is 19.6 Å². The average molecular weight is 324 g/mol. The third kappa shape index (κ3) is 3.11. The first-order valence-electron chi connectivity index (χ1n) is 8.14. The van der Waals surface area contributed by atoms with Gasteiger partial charge in [-0.1, -0.05) is 35.5 Å². The van der Waals surface area contributed by atoms with Crippen molar-refractivity contribution in [3.63, 3.8) is 0 Å². The second-order valence-corrected chi connectivity index (χ2v) is 6.04. The number of hydrogen-bond acceptors (Lipinski definition) is 6. The van der Waals surface area contributed by atoms with Gasteiger partial charge in [-0.25, -0.2) is 0 Å². The van der Waals surface area contributed by atoms with Crippen LogP contribution < -0.4 is 10.1 Å². The molecular formula is C18H20N4O2. The molecule has 1 aromatic heterocycles. The van der Waals surface area contributed by atoms with Gasteiger partial charge in [0.1, 0.15) is 5.75 Å². The number of likely N-dealkylation sites (N-methyl/N-ethyl adjacent to an activating group) is 1. The smallest absolute Gasteiger partial charge is 0.264 e. The van der Waals surface area contributed by atoms with E-state index in [4.69, 9.17) is 9.26 Å². The van der Waals surface area contributed by atoms with Gasteiger partial charge >= 0.3 is 0 Å². The van der Waals surface area contributed by atoms with Crippen LogP contribution >= 0.6 is 0 Å². The molecule has 0 saturated carbocycles. The van der Waals surface area contributed by atoms with Gasteiger partial charge < -0.3 is 14.6 Å². The average Bonchev–Trinajstić information content (AvgIpc) is 3.09. The third-order valence-corrected chi connectivity index (χ3v) is 4.38. The van der Waals surface area contributed by atoms with Crippen molar-refractivity contribution >= 4 is 10.8 Å². The molecule has 2 aromatic carbocycles. The number of aromatic nitrogens is 2. The minimum absolute atomic E-state index is 0.150. The van der Waals surface area contributed by atoms with Gasteiger partial charge in [-0.15, -0.1) is 0 Å². The van der Waals surface area contributed by atoms with Crippen molar-refractivity contribution in [1.29, 1.82) is 0 Å². The lowest BCUT2D eigenvalue weighted by molar-refractivity contribution is 0.189. The van der Waals surface area contributed by atoms with Crippen LogP contribution in [0.2, 0.25) is 0 Å². The van der Waals surface area contributed by atoms with E-state index < -0.39 is 0 Å². The molecule has 1 atom stereocenters. The fourth-order valence-electron chi connectivity index (χ4n) is 2.96. The van der Waals surface area contributed by atoms with Crippen LogP contribution in [0.15, 0.2) is 47.0 Å². The van der Waals surface area contributed by atoms with E-state index in [1.54, 1.807) is 0 Å². The van der Waals surface area contributed by atoms with Gasteiger partial charge in [0.05, 0.1) is 6.04 Å². The number of nitrogens with one attached hydrogen (secondary N) is 1. The topological polar surface area (TPSA) is 63.4 Å². The lowest BCUT2D eigenvalue weighted by Crippen LogP contribution is -2.44. The van der Waals surface area contributed by atoms with Gasteiger partial charge in [-0.3, -0.25) is 4.90 Å². The first kappa shape index (κ1) is 15.1. The second kappa shape index (κ2) is 6.59. The molecule has 1 saturated heterocycles. The SMILES string of the molecule is CN1CCNCC1c1noc(COc2ccc3ccccc3c2)n1. The molecule has 0 spiro atoms. The predicted octanol–water partition coefficient (Wildman–Crippen LogP) is 2.38. The largest absolute Gasteiger partial charge is 0.484 e. The minimum atomic E-state index is 0.150. The van der Waals surface area contributed by atoms with E-state index >= 15 is 0 Å². The summed E-state index contributed by atoms with van der Waals surface area (Å²) in [5, 5.41) is 9.80. The summed E-state index contributed by atoms with van der Waals surface area (Å²) in [5.74, 6) is 2.00. The number of hydrogen-bond donors (Lipinski definition) is 1. The maximum Gasteiger partial charge on any atom is 0.264 e. The number of nitrogens with zero attached hydrogens (tertiary/aromatic N) is 3. The highest BCUT2D eigenvalue weighted by Crippen LogP contribution is 2.22. The minimum Gasteiger partial charge on any atom is -0.484 e. The van der Waals surface area contributed by atoms with Crippen LogP contribution in [-0.2, 0) is 6.61 Å². The van der Waals surface area contributed by atoms with Gasteiger partial charge in [-0.05, 0) is 30.0 Å². The van der Waals surface area contributed by atoms with E-state index in [9.17, 15) is 0 Å². The summed E-state index contributed by atoms with van der Waals surface area (Å²) in [6.45, 7) is 3.07. The summed E-state index contributed by atoms with van der Waals surface area (Å²) in [6.07, 6.45) is 0. The quantitative estimate of drug-likeness (QED) is 0.795. The molecule has 1 fully saturated rings. The van der Waals surface area contributed by atoms with Crippen molar-refractivity contribution in [2.75, 3.05) is 26.7 Å².